The van der Waals surface area contributed by atoms with Crippen molar-refractivity contribution < 1.29 is 37.7 Å². The number of anilines is 3. The molecule has 3 aromatic heterocycles. The van der Waals surface area contributed by atoms with E-state index in [1.807, 2.05) is 0 Å². The van der Waals surface area contributed by atoms with Crippen LogP contribution in [0.1, 0.15) is 24.1 Å². The van der Waals surface area contributed by atoms with Crippen molar-refractivity contribution in [2.45, 2.75) is 17.9 Å². The van der Waals surface area contributed by atoms with E-state index in [-0.39, 0.29) is 22.4 Å². The fourth-order valence-corrected chi connectivity index (χ4v) is 7.71. The molecule has 0 spiro atoms. The maximum Gasteiger partial charge on any atom is 0.318 e. The molecule has 4 heterocycles. The molecule has 0 fully saturated rings. The van der Waals surface area contributed by atoms with Crippen LogP contribution in [0.3, 0.4) is 0 Å². The van der Waals surface area contributed by atoms with Crippen LogP contribution in [0.2, 0.25) is 5.02 Å². The van der Waals surface area contributed by atoms with Gasteiger partial charge in [-0.05, 0) is 24.6 Å². The van der Waals surface area contributed by atoms with Crippen LogP contribution in [0.25, 0.3) is 32.1 Å². The topological polar surface area (TPSA) is 136 Å². The van der Waals surface area contributed by atoms with Crippen molar-refractivity contribution in [2.75, 3.05) is 36.6 Å². The van der Waals surface area contributed by atoms with Crippen LogP contribution < -0.4 is 25.8 Å². The second kappa shape index (κ2) is 9.77. The molecule has 1 atom stereocenters. The van der Waals surface area contributed by atoms with Gasteiger partial charge in [0.05, 0.1) is 40.4 Å². The molecule has 2 aromatic carbocycles. The van der Waals surface area contributed by atoms with Gasteiger partial charge in [-0.1, -0.05) is 37.1 Å². The molecule has 5 aromatic rings. The maximum atomic E-state index is 16.8. The van der Waals surface area contributed by atoms with Crippen LogP contribution in [0.15, 0.2) is 29.3 Å². The molecule has 6 rings (SSSR count). The van der Waals surface area contributed by atoms with Gasteiger partial charge in [-0.2, -0.15) is 15.2 Å². The summed E-state index contributed by atoms with van der Waals surface area (Å²) >= 11 is 6.59. The van der Waals surface area contributed by atoms with Gasteiger partial charge in [-0.3, -0.25) is 0 Å². The molecule has 1 aliphatic rings. The Bertz CT molecular complexity index is 2180. The number of nitriles is 1. The Kier molecular flexibility index (Phi) is 6.69. The lowest BCUT2D eigenvalue weighted by molar-refractivity contribution is 0.306. The number of hydrogen-bond acceptors (Lipinski definition) is 10. The number of nitrogens with zero attached hydrogens (tertiary/aromatic N) is 5. The zero-order valence-electron chi connectivity index (χ0n) is 23.3. The quantitative estimate of drug-likeness (QED) is 0.173. The molecule has 46 heavy (non-hydrogen) atoms. The summed E-state index contributed by atoms with van der Waals surface area (Å²) in [6.07, 6.45) is 1.27. The average molecular weight is 706 g/mol. The van der Waals surface area contributed by atoms with Crippen molar-refractivity contribution >= 4 is 70.8 Å². The minimum atomic E-state index is -10.9. The minimum absolute atomic E-state index is 0.00237. The normalized spacial score (nSPS) is 15.5. The Morgan fingerprint density at radius 1 is 1.15 bits per heavy atom. The van der Waals surface area contributed by atoms with E-state index < -0.39 is 94.7 Å². The van der Waals surface area contributed by atoms with Crippen molar-refractivity contribution in [1.29, 1.82) is 5.26 Å². The predicted octanol–water partition coefficient (Wildman–Crippen LogP) is 8.50. The number of aromatic nitrogens is 3. The van der Waals surface area contributed by atoms with Gasteiger partial charge < -0.3 is 25.8 Å². The fraction of sp³-hybridized carbons (Fsp3) is 0.185. The highest BCUT2D eigenvalue weighted by Crippen LogP contribution is 3.04. The lowest BCUT2D eigenvalue weighted by Gasteiger charge is -2.42. The van der Waals surface area contributed by atoms with E-state index in [0.717, 1.165) is 7.11 Å². The van der Waals surface area contributed by atoms with E-state index in [9.17, 15) is 9.65 Å². The molecule has 9 nitrogen and oxygen atoms in total. The van der Waals surface area contributed by atoms with Crippen LogP contribution in [-0.4, -0.2) is 35.2 Å². The number of thiophene rings is 1. The number of fused-ring (bicyclic) bond motifs is 1. The standard InChI is InChI=1S/C27H19ClF7N7O2S2/c1-10(13-7-11(28)9-39-24(13)37)42-5-6-44-21-18-20(40-27(43-2)41-26(18)42)19(30)17(23(21)46(31,32,33,34)35)12-3-4-15(29)22-16(12)14(8-36)25(38)45-22/h3-4,7,9-10H,5-6,38H2,1-2H3,(H2,37,39)/t10-/m1/s1. The first-order valence-electron chi connectivity index (χ1n) is 12.9. The maximum absolute atomic E-state index is 16.8. The van der Waals surface area contributed by atoms with E-state index in [1.165, 1.54) is 17.2 Å². The third kappa shape index (κ3) is 4.89. The zero-order chi connectivity index (χ0) is 33.6. The van der Waals surface area contributed by atoms with Gasteiger partial charge in [0, 0.05) is 22.7 Å². The SMILES string of the molecule is COc1nc2c3c(c(S(F)(F)(F)(F)F)c(-c4ccc(F)c5sc(N)c(C#N)c45)c(F)c3n1)OCCN2[C@H](C)c1cc(Cl)cnc1N. The first-order chi connectivity index (χ1) is 21.4. The summed E-state index contributed by atoms with van der Waals surface area (Å²) in [5.74, 6) is -4.82. The summed E-state index contributed by atoms with van der Waals surface area (Å²) in [5.41, 5.74) is 8.16. The van der Waals surface area contributed by atoms with Gasteiger partial charge in [-0.25, -0.2) is 13.8 Å². The largest absolute Gasteiger partial charge is 0.489 e. The zero-order valence-corrected chi connectivity index (χ0v) is 25.7. The summed E-state index contributed by atoms with van der Waals surface area (Å²) in [6, 6.07) is 2.99. The Morgan fingerprint density at radius 2 is 1.87 bits per heavy atom. The lowest BCUT2D eigenvalue weighted by Crippen LogP contribution is -2.31. The minimum Gasteiger partial charge on any atom is -0.489 e. The number of nitrogens with two attached hydrogens (primary N) is 2. The second-order valence-electron chi connectivity index (χ2n) is 10.2. The summed E-state index contributed by atoms with van der Waals surface area (Å²) in [6.45, 7) is 0.657. The number of pyridine rings is 1. The molecule has 0 aliphatic carbocycles. The molecular formula is C27H19ClF7N7O2S2. The number of halogens is 8. The monoisotopic (exact) mass is 705 g/mol. The van der Waals surface area contributed by atoms with E-state index in [4.69, 9.17) is 32.5 Å². The van der Waals surface area contributed by atoms with E-state index in [0.29, 0.717) is 29.0 Å². The molecule has 0 saturated carbocycles. The molecule has 0 bridgehead atoms. The molecule has 4 N–H and O–H groups in total. The number of benzene rings is 2. The van der Waals surface area contributed by atoms with Crippen molar-refractivity contribution in [2.24, 2.45) is 0 Å². The van der Waals surface area contributed by atoms with Crippen molar-refractivity contribution in [3.05, 3.63) is 52.2 Å². The third-order valence-corrected chi connectivity index (χ3v) is 9.80. The van der Waals surface area contributed by atoms with Crippen molar-refractivity contribution in [1.82, 2.24) is 15.0 Å². The third-order valence-electron chi connectivity index (χ3n) is 7.41. The number of methoxy groups -OCH3 is 1. The molecule has 0 amide bonds. The van der Waals surface area contributed by atoms with Crippen molar-refractivity contribution in [3.63, 3.8) is 0 Å². The number of rotatable bonds is 5. The molecule has 1 aliphatic heterocycles. The highest BCUT2D eigenvalue weighted by atomic mass is 35.5. The van der Waals surface area contributed by atoms with Crippen LogP contribution in [0, 0.1) is 23.0 Å². The first kappa shape index (κ1) is 31.5. The average Bonchev–Trinajstić information content (AvgIpc) is 3.20. The molecule has 242 valence electrons. The lowest BCUT2D eigenvalue weighted by atomic mass is 9.96. The predicted molar refractivity (Wildman–Crippen MR) is 162 cm³/mol. The van der Waals surface area contributed by atoms with Gasteiger partial charge in [0.1, 0.15) is 40.6 Å². The van der Waals surface area contributed by atoms with Crippen LogP contribution in [0.5, 0.6) is 11.8 Å². The highest BCUT2D eigenvalue weighted by Gasteiger charge is 2.69. The van der Waals surface area contributed by atoms with Crippen LogP contribution >= 0.6 is 33.2 Å². The molecule has 0 saturated heterocycles. The molecular weight excluding hydrogens is 687 g/mol. The van der Waals surface area contributed by atoms with E-state index in [2.05, 4.69) is 15.0 Å². The van der Waals surface area contributed by atoms with Crippen LogP contribution in [-0.2, 0) is 0 Å². The molecule has 0 unspecified atom stereocenters. The van der Waals surface area contributed by atoms with Gasteiger partial charge in [0.2, 0.25) is 0 Å². The molecule has 0 radical (unpaired) electrons. The summed E-state index contributed by atoms with van der Waals surface area (Å²) in [7, 11) is -9.84. The molecule has 19 heteroatoms. The fourth-order valence-electron chi connectivity index (χ4n) is 5.49. The Balaban J connectivity index is 1.81. The number of hydrogen-bond donors (Lipinski definition) is 2. The van der Waals surface area contributed by atoms with Gasteiger partial charge in [0.15, 0.2) is 16.5 Å². The smallest absolute Gasteiger partial charge is 0.318 e. The van der Waals surface area contributed by atoms with Gasteiger partial charge >= 0.3 is 16.2 Å². The summed E-state index contributed by atoms with van der Waals surface area (Å²) in [5, 5.41) is 8.13. The van der Waals surface area contributed by atoms with Crippen LogP contribution in [0.4, 0.5) is 44.8 Å². The number of ether oxygens (including phenoxy) is 2. The summed E-state index contributed by atoms with van der Waals surface area (Å²) in [4.78, 5) is 10.6. The van der Waals surface area contributed by atoms with Crippen molar-refractivity contribution in [3.8, 4) is 29.0 Å². The highest BCUT2D eigenvalue weighted by molar-refractivity contribution is 8.46. The Hall–Kier alpha value is -4.47. The van der Waals surface area contributed by atoms with E-state index >= 15 is 23.8 Å². The van der Waals surface area contributed by atoms with Gasteiger partial charge in [0.25, 0.3) is 0 Å². The number of nitrogen functional groups attached to an aromatic ring is 2. The Morgan fingerprint density at radius 3 is 2.52 bits per heavy atom. The first-order valence-corrected chi connectivity index (χ1v) is 16.1. The van der Waals surface area contributed by atoms with Gasteiger partial charge in [-0.15, -0.1) is 11.3 Å². The summed E-state index contributed by atoms with van der Waals surface area (Å²) < 4.78 is 118. The Labute approximate surface area is 263 Å². The second-order valence-corrected chi connectivity index (χ2v) is 14.0. The van der Waals surface area contributed by atoms with E-state index in [1.54, 1.807) is 13.0 Å².